The fraction of sp³-hybridized carbons (Fsp3) is 0.344. The van der Waals surface area contributed by atoms with Gasteiger partial charge in [-0.3, -0.25) is 24.9 Å². The van der Waals surface area contributed by atoms with Crippen LogP contribution >= 0.6 is 0 Å². The Balaban J connectivity index is 0.000000102. The van der Waals surface area contributed by atoms with Crippen LogP contribution in [-0.4, -0.2) is 24.9 Å². The van der Waals surface area contributed by atoms with Gasteiger partial charge < -0.3 is 0 Å². The number of rotatable bonds is 7. The van der Waals surface area contributed by atoms with Crippen LogP contribution in [0.4, 0.5) is 0 Å². The van der Waals surface area contributed by atoms with Crippen LogP contribution in [-0.2, 0) is 68.7 Å². The number of fused-ring (bicyclic) bond motifs is 25. The summed E-state index contributed by atoms with van der Waals surface area (Å²) in [5.74, 6) is -1.68. The predicted octanol–water partition coefficient (Wildman–Crippen LogP) is 25.9. The molecule has 10 aliphatic carbocycles. The zero-order valence-electron chi connectivity index (χ0n) is 84.0. The van der Waals surface area contributed by atoms with Gasteiger partial charge in [0.1, 0.15) is 35.2 Å². The van der Waals surface area contributed by atoms with Gasteiger partial charge in [-0.15, -0.1) is 0 Å². The van der Waals surface area contributed by atoms with Crippen molar-refractivity contribution in [2.75, 3.05) is 0 Å². The Kier molecular flexibility index (Phi) is 21.0. The molecule has 5 aromatic carbocycles. The van der Waals surface area contributed by atoms with E-state index in [1.165, 1.54) is 313 Å². The predicted molar refractivity (Wildman–Crippen MR) is 534 cm³/mol. The van der Waals surface area contributed by atoms with Crippen molar-refractivity contribution in [1.82, 2.24) is 24.9 Å². The third kappa shape index (κ3) is 13.7. The molecular formula is C122H129N10+5. The molecular weight excluding hydrogens is 1610 g/mol. The van der Waals surface area contributed by atoms with Crippen LogP contribution in [0.2, 0.25) is 0 Å². The third-order valence-electron chi connectivity index (χ3n) is 32.8. The maximum absolute atomic E-state index is 8.64. The van der Waals surface area contributed by atoms with Gasteiger partial charge in [-0.25, -0.2) is 22.8 Å². The summed E-state index contributed by atoms with van der Waals surface area (Å²) in [6.45, 7) is 16.9. The minimum absolute atomic E-state index is 0.0441. The van der Waals surface area contributed by atoms with Gasteiger partial charge in [0.15, 0.2) is 31.0 Å². The first-order chi connectivity index (χ1) is 65.7. The van der Waals surface area contributed by atoms with Crippen molar-refractivity contribution in [2.45, 2.75) is 237 Å². The van der Waals surface area contributed by atoms with Gasteiger partial charge in [-0.05, 0) is 267 Å². The Morgan fingerprint density at radius 1 is 0.295 bits per heavy atom. The number of aryl methyl sites for hydroxylation is 13. The molecule has 0 bridgehead atoms. The summed E-state index contributed by atoms with van der Waals surface area (Å²) in [5.41, 5.74) is 51.9. The minimum Gasteiger partial charge on any atom is -0.256 e. The molecule has 10 heteroatoms. The molecule has 132 heavy (non-hydrogen) atoms. The van der Waals surface area contributed by atoms with Crippen LogP contribution in [0.25, 0.3) is 113 Å². The molecule has 10 heterocycles. The van der Waals surface area contributed by atoms with E-state index in [4.69, 9.17) is 30.4 Å². The highest BCUT2D eigenvalue weighted by molar-refractivity contribution is 5.93. The van der Waals surface area contributed by atoms with Crippen molar-refractivity contribution in [3.8, 4) is 113 Å². The van der Waals surface area contributed by atoms with Crippen LogP contribution in [0.1, 0.15) is 266 Å². The molecule has 10 nitrogen and oxygen atoms in total. The van der Waals surface area contributed by atoms with Crippen LogP contribution in [0.5, 0.6) is 0 Å². The van der Waals surface area contributed by atoms with E-state index >= 15 is 0 Å². The lowest BCUT2D eigenvalue weighted by Gasteiger charge is -2.28. The second-order valence-corrected chi connectivity index (χ2v) is 40.4. The zero-order valence-corrected chi connectivity index (χ0v) is 80.0. The van der Waals surface area contributed by atoms with Crippen LogP contribution in [0, 0.1) is 48.5 Å². The minimum atomic E-state index is -2.41. The van der Waals surface area contributed by atoms with E-state index in [1.54, 1.807) is 6.07 Å². The van der Waals surface area contributed by atoms with E-state index in [0.29, 0.717) is 5.56 Å². The van der Waals surface area contributed by atoms with Gasteiger partial charge in [0.05, 0.1) is 56.3 Å². The Hall–Kier alpha value is -12.4. The summed E-state index contributed by atoms with van der Waals surface area (Å²) in [7, 11) is 10.6. The second-order valence-electron chi connectivity index (χ2n) is 40.4. The molecule has 15 aromatic rings. The van der Waals surface area contributed by atoms with E-state index < -0.39 is 12.7 Å². The molecule has 0 N–H and O–H groups in total. The summed E-state index contributed by atoms with van der Waals surface area (Å²) < 4.78 is 43.5. The van der Waals surface area contributed by atoms with E-state index in [0.717, 1.165) is 41.8 Å². The highest BCUT2D eigenvalue weighted by Crippen LogP contribution is 2.65. The first-order valence-electron chi connectivity index (χ1n) is 51.1. The number of benzene rings is 5. The summed E-state index contributed by atoms with van der Waals surface area (Å²) in [6.07, 6.45) is 46.3. The number of hydrogen-bond acceptors (Lipinski definition) is 5. The molecule has 662 valence electrons. The number of nitrogens with zero attached hydrogens (tertiary/aromatic N) is 10. The number of aromatic nitrogens is 10. The van der Waals surface area contributed by atoms with Gasteiger partial charge in [0.25, 0.3) is 0 Å². The molecule has 5 saturated carbocycles. The average molecular weight is 1740 g/mol. The quantitative estimate of drug-likeness (QED) is 0.148. The molecule has 0 saturated heterocycles. The van der Waals surface area contributed by atoms with Gasteiger partial charge in [0, 0.05) is 152 Å². The van der Waals surface area contributed by atoms with E-state index in [9.17, 15) is 0 Å². The monoisotopic (exact) mass is 1740 g/mol. The molecule has 25 rings (SSSR count). The summed E-state index contributed by atoms with van der Waals surface area (Å²) in [4.78, 5) is 24.1. The van der Waals surface area contributed by atoms with E-state index in [-0.39, 0.29) is 27.1 Å². The third-order valence-corrected chi connectivity index (χ3v) is 32.8. The van der Waals surface area contributed by atoms with Gasteiger partial charge in [0.2, 0.25) is 28.5 Å². The highest BCUT2D eigenvalue weighted by atomic mass is 14.9. The maximum Gasteiger partial charge on any atom is 0.213 e. The molecule has 10 aliphatic rings. The molecule has 0 radical (unpaired) electrons. The van der Waals surface area contributed by atoms with Crippen molar-refractivity contribution < 1.29 is 28.3 Å². The van der Waals surface area contributed by atoms with Gasteiger partial charge in [-0.1, -0.05) is 176 Å². The van der Waals surface area contributed by atoms with E-state index in [1.807, 2.05) is 56.4 Å². The summed E-state index contributed by atoms with van der Waals surface area (Å²) in [6, 6.07) is 68.6. The zero-order chi connectivity index (χ0) is 94.3. The maximum atomic E-state index is 8.64. The van der Waals surface area contributed by atoms with Crippen LogP contribution in [0.3, 0.4) is 0 Å². The standard InChI is InChI=1S/C26H29N2.C25H27N2.2C24H25N2.C23H23N2/c1-17(2)19-11-15-28(4)22(16-19)23-18(3)9-10-20-24(23)26(12-5-6-13-26)21-8-7-14-27-25(20)21;1-4-18-11-15-27(3)21(16-18)22-17(2)9-10-19-23(22)25(12-5-6-13-25)20-8-7-14-26-24(19)20;2*1-16-10-14-26(3)20(15-16)21-17(2)8-9-18-22(21)24(11-4-5-12-24)19-7-6-13-25-23(18)19;1-16-10-11-17-21(20(16)19-9-3-6-15-25(19)2)23(12-4-5-13-23)18-8-7-14-24-22(17)18/h7-11,14-17H,5-6,12-13H2,1-4H3;7-11,14-16H,4-6,12-13H2,1-3H3;2*6-10,13-15H,4-5,11-12H2,1-3H3;3,6-11,14-15H,4-5,12-13H2,1-2H3/q5*+1/i1D3,17D;;;;. The molecule has 5 fully saturated rings. The first-order valence-corrected chi connectivity index (χ1v) is 49.1. The molecule has 1 unspecified atom stereocenters. The van der Waals surface area contributed by atoms with E-state index in [2.05, 4.69) is 301 Å². The average Bonchev–Trinajstić information content (AvgIpc) is 1.57. The highest BCUT2D eigenvalue weighted by Gasteiger charge is 2.54. The van der Waals surface area contributed by atoms with Gasteiger partial charge in [-0.2, -0.15) is 0 Å². The number of pyridine rings is 10. The lowest BCUT2D eigenvalue weighted by molar-refractivity contribution is -0.660. The molecule has 10 aromatic heterocycles. The fourth-order valence-corrected chi connectivity index (χ4v) is 26.6. The van der Waals surface area contributed by atoms with Crippen molar-refractivity contribution >= 4 is 0 Å². The molecule has 0 aliphatic heterocycles. The number of hydrogen-bond donors (Lipinski definition) is 0. The SMILES string of the molecule is CCc1cc[n+](C)c(-c2c(C)ccc3c2C2(CCCC2)c2cccnc2-3)c1.Cc1cc[n+](C)c(-c2c(C)ccc3c2C2(CCCC2)c2cccnc2-3)c1.Cc1cc[n+](C)c(-c2c(C)ccc3c2C2(CCCC2)c2cccnc2-3)c1.Cc1ccc2c(c1-c1cccc[n+]1C)C1(CCCC1)c1cccnc1-2.[2H]C([2H])([2H])C([2H])(C)c1cc[n+](C)c(-c2c(C)ccc3c2C2(CCCC2)c2cccnc2-3)c1. The lowest BCUT2D eigenvalue weighted by Crippen LogP contribution is -2.32. The Labute approximate surface area is 788 Å². The Morgan fingerprint density at radius 2 is 0.561 bits per heavy atom. The largest absolute Gasteiger partial charge is 0.256 e. The Morgan fingerprint density at radius 3 is 0.848 bits per heavy atom. The summed E-state index contributed by atoms with van der Waals surface area (Å²) in [5, 5.41) is 0. The normalized spacial score (nSPS) is 17.7. The smallest absolute Gasteiger partial charge is 0.213 e. The second kappa shape index (κ2) is 34.0. The molecule has 1 atom stereocenters. The summed E-state index contributed by atoms with van der Waals surface area (Å²) >= 11 is 0. The molecule has 0 amide bonds. The van der Waals surface area contributed by atoms with Gasteiger partial charge >= 0.3 is 0 Å². The topological polar surface area (TPSA) is 83.9 Å². The van der Waals surface area contributed by atoms with Crippen molar-refractivity contribution in [2.24, 2.45) is 35.2 Å². The fourth-order valence-electron chi connectivity index (χ4n) is 26.6. The molecule has 5 spiro atoms. The Bertz CT molecular complexity index is 7140. The lowest BCUT2D eigenvalue weighted by atomic mass is 9.73. The van der Waals surface area contributed by atoms with Crippen LogP contribution in [0.15, 0.2) is 250 Å². The van der Waals surface area contributed by atoms with Crippen LogP contribution < -0.4 is 22.8 Å². The van der Waals surface area contributed by atoms with Crippen molar-refractivity contribution in [3.63, 3.8) is 0 Å². The first kappa shape index (κ1) is 81.6. The van der Waals surface area contributed by atoms with Crippen molar-refractivity contribution in [1.29, 1.82) is 0 Å². The van der Waals surface area contributed by atoms with Crippen molar-refractivity contribution in [3.05, 3.63) is 356 Å².